The van der Waals surface area contributed by atoms with Gasteiger partial charge in [-0.05, 0) is 45.7 Å². The van der Waals surface area contributed by atoms with Gasteiger partial charge in [0.05, 0.1) is 0 Å². The number of piperidine rings is 1. The molecule has 6 heteroatoms. The molecular formula is C11H20N4OS. The lowest BCUT2D eigenvalue weighted by atomic mass is 10.0. The highest BCUT2D eigenvalue weighted by Gasteiger charge is 2.16. The molecule has 5 nitrogen and oxygen atoms in total. The van der Waals surface area contributed by atoms with Crippen LogP contribution in [0, 0.1) is 5.92 Å². The summed E-state index contributed by atoms with van der Waals surface area (Å²) in [6, 6.07) is 0.160. The number of hydrogen-bond donors (Lipinski definition) is 2. The maximum absolute atomic E-state index is 11.6. The van der Waals surface area contributed by atoms with Crippen LogP contribution < -0.4 is 11.0 Å². The molecule has 1 unspecified atom stereocenters. The van der Waals surface area contributed by atoms with E-state index < -0.39 is 0 Å². The number of aromatic amines is 1. The van der Waals surface area contributed by atoms with Crippen LogP contribution in [0.2, 0.25) is 0 Å². The number of hydrogen-bond acceptors (Lipinski definition) is 4. The fourth-order valence-corrected chi connectivity index (χ4v) is 3.32. The summed E-state index contributed by atoms with van der Waals surface area (Å²) in [5.74, 6) is 1.73. The van der Waals surface area contributed by atoms with Gasteiger partial charge in [0.2, 0.25) is 0 Å². The van der Waals surface area contributed by atoms with Crippen LogP contribution in [0.25, 0.3) is 0 Å². The molecule has 96 valence electrons. The number of rotatable bonds is 4. The lowest BCUT2D eigenvalue weighted by Crippen LogP contribution is -2.31. The normalized spacial score (nSPS) is 21.0. The molecule has 0 bridgehead atoms. The maximum atomic E-state index is 11.6. The van der Waals surface area contributed by atoms with Crippen molar-refractivity contribution in [3.8, 4) is 0 Å². The summed E-state index contributed by atoms with van der Waals surface area (Å²) in [5.41, 5.74) is -0.107. The third-order valence-electron chi connectivity index (χ3n) is 3.04. The van der Waals surface area contributed by atoms with E-state index in [1.54, 1.807) is 16.3 Å². The molecule has 1 fully saturated rings. The van der Waals surface area contributed by atoms with E-state index in [4.69, 9.17) is 0 Å². The van der Waals surface area contributed by atoms with Crippen molar-refractivity contribution in [1.82, 2.24) is 20.1 Å². The van der Waals surface area contributed by atoms with Crippen molar-refractivity contribution in [3.63, 3.8) is 0 Å². The fourth-order valence-electron chi connectivity index (χ4n) is 2.11. The van der Waals surface area contributed by atoms with E-state index in [0.29, 0.717) is 5.92 Å². The first kappa shape index (κ1) is 12.7. The summed E-state index contributed by atoms with van der Waals surface area (Å²) < 4.78 is 1.72. The summed E-state index contributed by atoms with van der Waals surface area (Å²) in [6.45, 7) is 6.23. The zero-order chi connectivity index (χ0) is 12.3. The Kier molecular flexibility index (Phi) is 4.28. The predicted octanol–water partition coefficient (Wildman–Crippen LogP) is 1.24. The molecule has 2 heterocycles. The second kappa shape index (κ2) is 5.73. The van der Waals surface area contributed by atoms with Gasteiger partial charge in [-0.3, -0.25) is 4.57 Å². The van der Waals surface area contributed by atoms with Gasteiger partial charge in [-0.25, -0.2) is 9.89 Å². The molecule has 2 rings (SSSR count). The minimum absolute atomic E-state index is 0.107. The maximum Gasteiger partial charge on any atom is 0.344 e. The smallest absolute Gasteiger partial charge is 0.316 e. The third kappa shape index (κ3) is 3.13. The molecule has 0 radical (unpaired) electrons. The first-order valence-corrected chi connectivity index (χ1v) is 7.17. The lowest BCUT2D eigenvalue weighted by molar-refractivity contribution is 0.410. The monoisotopic (exact) mass is 256 g/mol. The second-order valence-corrected chi connectivity index (χ2v) is 5.79. The molecule has 17 heavy (non-hydrogen) atoms. The van der Waals surface area contributed by atoms with Gasteiger partial charge in [0.15, 0.2) is 5.16 Å². The van der Waals surface area contributed by atoms with Gasteiger partial charge in [-0.1, -0.05) is 11.8 Å². The number of nitrogens with one attached hydrogen (secondary N) is 2. The number of aromatic nitrogens is 3. The van der Waals surface area contributed by atoms with Crippen LogP contribution in [0.15, 0.2) is 9.95 Å². The first-order valence-electron chi connectivity index (χ1n) is 6.19. The highest BCUT2D eigenvalue weighted by molar-refractivity contribution is 7.99. The van der Waals surface area contributed by atoms with E-state index in [2.05, 4.69) is 15.5 Å². The van der Waals surface area contributed by atoms with Gasteiger partial charge in [0.25, 0.3) is 0 Å². The number of nitrogens with zero attached hydrogens (tertiary/aromatic N) is 2. The van der Waals surface area contributed by atoms with Crippen molar-refractivity contribution in [2.75, 3.05) is 18.8 Å². The average Bonchev–Trinajstić information content (AvgIpc) is 2.69. The summed E-state index contributed by atoms with van der Waals surface area (Å²) >= 11 is 1.68. The van der Waals surface area contributed by atoms with Gasteiger partial charge in [0, 0.05) is 11.8 Å². The van der Waals surface area contributed by atoms with Crippen molar-refractivity contribution in [2.24, 2.45) is 5.92 Å². The molecule has 1 atom stereocenters. The number of H-pyrrole nitrogens is 1. The van der Waals surface area contributed by atoms with E-state index >= 15 is 0 Å². The van der Waals surface area contributed by atoms with E-state index in [1.165, 1.54) is 12.8 Å². The van der Waals surface area contributed by atoms with Crippen LogP contribution in [0.5, 0.6) is 0 Å². The van der Waals surface area contributed by atoms with E-state index in [-0.39, 0.29) is 11.7 Å². The summed E-state index contributed by atoms with van der Waals surface area (Å²) in [6.07, 6.45) is 2.53. The highest BCUT2D eigenvalue weighted by Crippen LogP contribution is 2.22. The van der Waals surface area contributed by atoms with Gasteiger partial charge in [-0.2, -0.15) is 0 Å². The molecule has 0 aromatic carbocycles. The Balaban J connectivity index is 1.96. The first-order chi connectivity index (χ1) is 8.18. The standard InChI is InChI=1S/C11H20N4OS/c1-8(2)15-10(16)13-14-11(15)17-7-9-4-3-5-12-6-9/h8-9,12H,3-7H2,1-2H3,(H,13,16). The van der Waals surface area contributed by atoms with Crippen molar-refractivity contribution in [3.05, 3.63) is 10.5 Å². The summed E-state index contributed by atoms with van der Waals surface area (Å²) in [5, 5.41) is 10.8. The molecule has 1 aliphatic heterocycles. The second-order valence-electron chi connectivity index (χ2n) is 4.80. The third-order valence-corrected chi connectivity index (χ3v) is 4.22. The van der Waals surface area contributed by atoms with Crippen molar-refractivity contribution >= 4 is 11.8 Å². The predicted molar refractivity (Wildman–Crippen MR) is 69.6 cm³/mol. The minimum atomic E-state index is -0.107. The Labute approximate surface area is 105 Å². The Morgan fingerprint density at radius 3 is 3.06 bits per heavy atom. The van der Waals surface area contributed by atoms with E-state index in [1.807, 2.05) is 13.8 Å². The summed E-state index contributed by atoms with van der Waals surface area (Å²) in [4.78, 5) is 11.6. The Bertz CT molecular complexity index is 406. The van der Waals surface area contributed by atoms with Gasteiger partial charge in [0.1, 0.15) is 0 Å². The lowest BCUT2D eigenvalue weighted by Gasteiger charge is -2.22. The largest absolute Gasteiger partial charge is 0.344 e. The average molecular weight is 256 g/mol. The van der Waals surface area contributed by atoms with Crippen molar-refractivity contribution in [2.45, 2.75) is 37.9 Å². The molecule has 1 aromatic rings. The van der Waals surface area contributed by atoms with Crippen molar-refractivity contribution < 1.29 is 0 Å². The van der Waals surface area contributed by atoms with Crippen molar-refractivity contribution in [1.29, 1.82) is 0 Å². The van der Waals surface area contributed by atoms with Crippen LogP contribution in [-0.2, 0) is 0 Å². The quantitative estimate of drug-likeness (QED) is 0.796. The minimum Gasteiger partial charge on any atom is -0.316 e. The molecule has 0 saturated carbocycles. The van der Waals surface area contributed by atoms with E-state index in [0.717, 1.165) is 24.0 Å². The molecule has 2 N–H and O–H groups in total. The van der Waals surface area contributed by atoms with Gasteiger partial charge in [-0.15, -0.1) is 5.10 Å². The van der Waals surface area contributed by atoms with Crippen LogP contribution in [0.4, 0.5) is 0 Å². The Morgan fingerprint density at radius 1 is 1.59 bits per heavy atom. The zero-order valence-electron chi connectivity index (χ0n) is 10.4. The van der Waals surface area contributed by atoms with Gasteiger partial charge < -0.3 is 5.32 Å². The molecular weight excluding hydrogens is 236 g/mol. The Morgan fingerprint density at radius 2 is 2.41 bits per heavy atom. The topological polar surface area (TPSA) is 62.7 Å². The van der Waals surface area contributed by atoms with Crippen LogP contribution in [0.1, 0.15) is 32.7 Å². The molecule has 1 aliphatic rings. The highest BCUT2D eigenvalue weighted by atomic mass is 32.2. The van der Waals surface area contributed by atoms with Gasteiger partial charge >= 0.3 is 5.69 Å². The molecule has 0 aliphatic carbocycles. The molecule has 0 spiro atoms. The molecule has 0 amide bonds. The van der Waals surface area contributed by atoms with Crippen LogP contribution in [-0.4, -0.2) is 33.6 Å². The Hall–Kier alpha value is -0.750. The van der Waals surface area contributed by atoms with E-state index in [9.17, 15) is 4.79 Å². The zero-order valence-corrected chi connectivity index (χ0v) is 11.2. The summed E-state index contributed by atoms with van der Waals surface area (Å²) in [7, 11) is 0. The number of thioether (sulfide) groups is 1. The SMILES string of the molecule is CC(C)n1c(SCC2CCCNC2)n[nH]c1=O. The van der Waals surface area contributed by atoms with Crippen LogP contribution in [0.3, 0.4) is 0 Å². The fraction of sp³-hybridized carbons (Fsp3) is 0.818. The van der Waals surface area contributed by atoms with Crippen LogP contribution >= 0.6 is 11.8 Å². The molecule has 1 aromatic heterocycles. The molecule has 1 saturated heterocycles.